The molecule has 0 aliphatic carbocycles. The van der Waals surface area contributed by atoms with Crippen molar-refractivity contribution >= 4 is 15.8 Å². The molecule has 0 aliphatic heterocycles. The molecular weight excluding hydrogens is 412 g/mol. The number of rotatable bonds is 10. The summed E-state index contributed by atoms with van der Waals surface area (Å²) in [6.07, 6.45) is 0.736. The lowest BCUT2D eigenvalue weighted by Crippen LogP contribution is -2.27. The molecule has 3 rings (SSSR count). The predicted molar refractivity (Wildman–Crippen MR) is 122 cm³/mol. The molecule has 0 saturated heterocycles. The normalized spacial score (nSPS) is 11.5. The predicted octanol–water partition coefficient (Wildman–Crippen LogP) is 3.22. The quantitative estimate of drug-likeness (QED) is 0.470. The van der Waals surface area contributed by atoms with Gasteiger partial charge in [0, 0.05) is 37.9 Å². The highest BCUT2D eigenvalue weighted by Gasteiger charge is 2.14. The van der Waals surface area contributed by atoms with Crippen LogP contribution in [0, 0.1) is 13.8 Å². The molecule has 0 radical (unpaired) electrons. The fourth-order valence-electron chi connectivity index (χ4n) is 3.23. The van der Waals surface area contributed by atoms with Crippen LogP contribution >= 0.6 is 0 Å². The minimum absolute atomic E-state index is 0.228. The summed E-state index contributed by atoms with van der Waals surface area (Å²) in [4.78, 5) is 9.35. The van der Waals surface area contributed by atoms with E-state index in [0.717, 1.165) is 29.1 Å². The second kappa shape index (κ2) is 10.5. The van der Waals surface area contributed by atoms with Gasteiger partial charge < -0.3 is 10.1 Å². The zero-order valence-corrected chi connectivity index (χ0v) is 18.9. The molecule has 0 spiro atoms. The Morgan fingerprint density at radius 2 is 1.65 bits per heavy atom. The smallest absolute Gasteiger partial charge is 0.240 e. The van der Waals surface area contributed by atoms with Gasteiger partial charge in [0.1, 0.15) is 11.6 Å². The van der Waals surface area contributed by atoms with Crippen LogP contribution < -0.4 is 10.0 Å². The molecule has 3 aromatic rings. The topological polar surface area (TPSA) is 93.2 Å². The molecule has 0 saturated carbocycles. The van der Waals surface area contributed by atoms with Crippen LogP contribution in [0.2, 0.25) is 0 Å². The van der Waals surface area contributed by atoms with Gasteiger partial charge in [0.15, 0.2) is 0 Å². The number of aromatic nitrogens is 2. The Morgan fingerprint density at radius 3 is 2.32 bits per heavy atom. The first-order chi connectivity index (χ1) is 14.9. The SMILES string of the molecule is COCCNS(=O)(=O)c1ccc(CNc2nc(C)nc(C)c2Cc2ccccc2)cc1. The second-order valence-corrected chi connectivity index (χ2v) is 9.00. The fraction of sp³-hybridized carbons (Fsp3) is 0.304. The van der Waals surface area contributed by atoms with Crippen molar-refractivity contribution in [3.05, 3.63) is 82.8 Å². The van der Waals surface area contributed by atoms with Crippen molar-refractivity contribution in [2.24, 2.45) is 0 Å². The summed E-state index contributed by atoms with van der Waals surface area (Å²) in [5.74, 6) is 1.51. The van der Waals surface area contributed by atoms with E-state index in [2.05, 4.69) is 32.1 Å². The van der Waals surface area contributed by atoms with Crippen LogP contribution in [0.25, 0.3) is 0 Å². The Bertz CT molecular complexity index is 1100. The average molecular weight is 441 g/mol. The van der Waals surface area contributed by atoms with Gasteiger partial charge in [-0.05, 0) is 37.1 Å². The monoisotopic (exact) mass is 440 g/mol. The van der Waals surface area contributed by atoms with Gasteiger partial charge >= 0.3 is 0 Å². The summed E-state index contributed by atoms with van der Waals surface area (Å²) < 4.78 is 32.0. The minimum Gasteiger partial charge on any atom is -0.383 e. The molecule has 1 aromatic heterocycles. The summed E-state index contributed by atoms with van der Waals surface area (Å²) in [6, 6.07) is 17.0. The third kappa shape index (κ3) is 6.33. The van der Waals surface area contributed by atoms with E-state index in [4.69, 9.17) is 4.74 Å². The maximum atomic E-state index is 12.3. The number of aryl methyl sites for hydroxylation is 2. The van der Waals surface area contributed by atoms with Crippen LogP contribution in [0.15, 0.2) is 59.5 Å². The highest BCUT2D eigenvalue weighted by molar-refractivity contribution is 7.89. The molecule has 8 heteroatoms. The summed E-state index contributed by atoms with van der Waals surface area (Å²) in [7, 11) is -2.01. The minimum atomic E-state index is -3.54. The number of hydrogen-bond donors (Lipinski definition) is 2. The van der Waals surface area contributed by atoms with Crippen molar-refractivity contribution < 1.29 is 13.2 Å². The van der Waals surface area contributed by atoms with E-state index in [1.807, 2.05) is 32.0 Å². The van der Waals surface area contributed by atoms with Crippen molar-refractivity contribution in [2.75, 3.05) is 25.6 Å². The van der Waals surface area contributed by atoms with Gasteiger partial charge in [0.05, 0.1) is 11.5 Å². The zero-order chi connectivity index (χ0) is 22.3. The lowest BCUT2D eigenvalue weighted by atomic mass is 10.0. The number of ether oxygens (including phenoxy) is 1. The van der Waals surface area contributed by atoms with Crippen LogP contribution in [0.3, 0.4) is 0 Å². The molecule has 1 heterocycles. The van der Waals surface area contributed by atoms with E-state index >= 15 is 0 Å². The number of methoxy groups -OCH3 is 1. The van der Waals surface area contributed by atoms with Gasteiger partial charge in [-0.15, -0.1) is 0 Å². The van der Waals surface area contributed by atoms with Crippen molar-refractivity contribution in [2.45, 2.75) is 31.7 Å². The first-order valence-corrected chi connectivity index (χ1v) is 11.6. The third-order valence-electron chi connectivity index (χ3n) is 4.84. The van der Waals surface area contributed by atoms with Crippen LogP contribution in [0.1, 0.15) is 28.2 Å². The number of nitrogens with zero attached hydrogens (tertiary/aromatic N) is 2. The van der Waals surface area contributed by atoms with Gasteiger partial charge in [0.25, 0.3) is 0 Å². The van der Waals surface area contributed by atoms with E-state index in [0.29, 0.717) is 19.0 Å². The van der Waals surface area contributed by atoms with E-state index in [9.17, 15) is 8.42 Å². The molecule has 31 heavy (non-hydrogen) atoms. The molecule has 7 nitrogen and oxygen atoms in total. The lowest BCUT2D eigenvalue weighted by molar-refractivity contribution is 0.204. The van der Waals surface area contributed by atoms with E-state index in [-0.39, 0.29) is 11.4 Å². The molecule has 164 valence electrons. The Balaban J connectivity index is 1.72. The highest BCUT2D eigenvalue weighted by Crippen LogP contribution is 2.21. The zero-order valence-electron chi connectivity index (χ0n) is 18.1. The summed E-state index contributed by atoms with van der Waals surface area (Å²) >= 11 is 0. The first kappa shape index (κ1) is 22.9. The van der Waals surface area contributed by atoms with Gasteiger partial charge in [-0.3, -0.25) is 0 Å². The average Bonchev–Trinajstić information content (AvgIpc) is 2.75. The van der Waals surface area contributed by atoms with Crippen LogP contribution in [0.4, 0.5) is 5.82 Å². The Hall–Kier alpha value is -2.81. The number of benzene rings is 2. The van der Waals surface area contributed by atoms with E-state index < -0.39 is 10.0 Å². The van der Waals surface area contributed by atoms with Gasteiger partial charge in [-0.2, -0.15) is 0 Å². The molecular formula is C23H28N4O3S. The van der Waals surface area contributed by atoms with E-state index in [1.54, 1.807) is 24.3 Å². The Morgan fingerprint density at radius 1 is 0.935 bits per heavy atom. The number of sulfonamides is 1. The molecule has 0 fully saturated rings. The first-order valence-electron chi connectivity index (χ1n) is 10.1. The second-order valence-electron chi connectivity index (χ2n) is 7.23. The Kier molecular flexibility index (Phi) is 7.73. The van der Waals surface area contributed by atoms with Crippen LogP contribution in [-0.4, -0.2) is 38.6 Å². The van der Waals surface area contributed by atoms with Crippen molar-refractivity contribution in [1.29, 1.82) is 0 Å². The molecule has 0 aliphatic rings. The molecule has 0 atom stereocenters. The van der Waals surface area contributed by atoms with Crippen LogP contribution in [0.5, 0.6) is 0 Å². The standard InChI is InChI=1S/C23H28N4O3S/c1-17-22(15-19-7-5-4-6-8-19)23(27-18(2)26-17)24-16-20-9-11-21(12-10-20)31(28,29)25-13-14-30-3/h4-12,25H,13-16H2,1-3H3,(H,24,26,27). The fourth-order valence-corrected chi connectivity index (χ4v) is 4.24. The van der Waals surface area contributed by atoms with Crippen molar-refractivity contribution in [3.63, 3.8) is 0 Å². The number of anilines is 1. The molecule has 0 unspecified atom stereocenters. The summed E-state index contributed by atoms with van der Waals surface area (Å²) in [5.41, 5.74) is 4.15. The van der Waals surface area contributed by atoms with Gasteiger partial charge in [-0.25, -0.2) is 23.1 Å². The highest BCUT2D eigenvalue weighted by atomic mass is 32.2. The van der Waals surface area contributed by atoms with Gasteiger partial charge in [0.2, 0.25) is 10.0 Å². The van der Waals surface area contributed by atoms with Crippen LogP contribution in [-0.2, 0) is 27.7 Å². The van der Waals surface area contributed by atoms with Crippen molar-refractivity contribution in [1.82, 2.24) is 14.7 Å². The number of hydrogen-bond acceptors (Lipinski definition) is 6. The van der Waals surface area contributed by atoms with E-state index in [1.165, 1.54) is 12.7 Å². The maximum Gasteiger partial charge on any atom is 0.240 e. The summed E-state index contributed by atoms with van der Waals surface area (Å²) in [5, 5.41) is 3.40. The maximum absolute atomic E-state index is 12.3. The molecule has 2 aromatic carbocycles. The molecule has 0 bridgehead atoms. The lowest BCUT2D eigenvalue weighted by Gasteiger charge is -2.15. The summed E-state index contributed by atoms with van der Waals surface area (Å²) in [6.45, 7) is 4.95. The third-order valence-corrected chi connectivity index (χ3v) is 6.32. The van der Waals surface area contributed by atoms with Gasteiger partial charge in [-0.1, -0.05) is 42.5 Å². The number of nitrogens with one attached hydrogen (secondary N) is 2. The largest absolute Gasteiger partial charge is 0.383 e. The van der Waals surface area contributed by atoms with Crippen molar-refractivity contribution in [3.8, 4) is 0 Å². The Labute approximate surface area is 184 Å². The molecule has 2 N–H and O–H groups in total. The molecule has 0 amide bonds.